The van der Waals surface area contributed by atoms with Crippen LogP contribution in [-0.4, -0.2) is 16.6 Å². The van der Waals surface area contributed by atoms with Crippen LogP contribution in [-0.2, 0) is 4.74 Å². The topological polar surface area (TPSA) is 24.8 Å². The van der Waals surface area contributed by atoms with E-state index in [1.807, 2.05) is 6.07 Å². The van der Waals surface area contributed by atoms with Crippen molar-refractivity contribution in [3.8, 4) is 0 Å². The zero-order valence-electron chi connectivity index (χ0n) is 17.5. The molecule has 3 aromatic carbocycles. The van der Waals surface area contributed by atoms with Gasteiger partial charge in [0.05, 0.1) is 5.70 Å². The SMILES string of the molecule is C1=C(c2ccccc2)N2N=C(c3ccccc3)O[C@@]23CCCC[C@H]3[C@H]1c1ccccc1. The Morgan fingerprint density at radius 2 is 1.42 bits per heavy atom. The van der Waals surface area contributed by atoms with Crippen molar-refractivity contribution in [2.75, 3.05) is 0 Å². The fraction of sp³-hybridized carbons (Fsp3) is 0.250. The van der Waals surface area contributed by atoms with Crippen LogP contribution in [0, 0.1) is 5.92 Å². The largest absolute Gasteiger partial charge is 0.447 e. The molecule has 0 unspecified atom stereocenters. The van der Waals surface area contributed by atoms with Gasteiger partial charge < -0.3 is 4.74 Å². The van der Waals surface area contributed by atoms with E-state index in [9.17, 15) is 0 Å². The molecule has 0 saturated heterocycles. The van der Waals surface area contributed by atoms with Crippen LogP contribution < -0.4 is 0 Å². The number of hydrazone groups is 1. The Kier molecular flexibility index (Phi) is 4.41. The molecule has 31 heavy (non-hydrogen) atoms. The van der Waals surface area contributed by atoms with Crippen LogP contribution in [0.3, 0.4) is 0 Å². The zero-order chi connectivity index (χ0) is 20.7. The lowest BCUT2D eigenvalue weighted by Crippen LogP contribution is -2.55. The maximum atomic E-state index is 6.88. The Morgan fingerprint density at radius 1 is 0.774 bits per heavy atom. The van der Waals surface area contributed by atoms with Crippen molar-refractivity contribution in [1.82, 2.24) is 5.01 Å². The third-order valence-corrected chi connectivity index (χ3v) is 6.98. The van der Waals surface area contributed by atoms with Gasteiger partial charge in [0.1, 0.15) is 0 Å². The Balaban J connectivity index is 1.53. The molecule has 0 aromatic heterocycles. The van der Waals surface area contributed by atoms with E-state index in [1.54, 1.807) is 0 Å². The molecule has 0 radical (unpaired) electrons. The summed E-state index contributed by atoms with van der Waals surface area (Å²) in [5, 5.41) is 7.32. The fourth-order valence-electron chi connectivity index (χ4n) is 5.55. The second kappa shape index (κ2) is 7.42. The third-order valence-electron chi connectivity index (χ3n) is 6.98. The molecule has 3 nitrogen and oxygen atoms in total. The summed E-state index contributed by atoms with van der Waals surface area (Å²) < 4.78 is 6.88. The van der Waals surface area contributed by atoms with Gasteiger partial charge in [-0.05, 0) is 36.1 Å². The van der Waals surface area contributed by atoms with Gasteiger partial charge in [-0.3, -0.25) is 0 Å². The predicted octanol–water partition coefficient (Wildman–Crippen LogP) is 6.41. The lowest BCUT2D eigenvalue weighted by molar-refractivity contribution is -0.116. The highest BCUT2D eigenvalue weighted by Crippen LogP contribution is 2.55. The average Bonchev–Trinajstić information content (AvgIpc) is 3.24. The second-order valence-corrected chi connectivity index (χ2v) is 8.74. The van der Waals surface area contributed by atoms with E-state index in [-0.39, 0.29) is 0 Å². The van der Waals surface area contributed by atoms with Crippen molar-refractivity contribution in [3.05, 3.63) is 114 Å². The summed E-state index contributed by atoms with van der Waals surface area (Å²) in [6.45, 7) is 0. The van der Waals surface area contributed by atoms with E-state index in [4.69, 9.17) is 9.84 Å². The van der Waals surface area contributed by atoms with Crippen molar-refractivity contribution < 1.29 is 4.74 Å². The van der Waals surface area contributed by atoms with Gasteiger partial charge in [0.2, 0.25) is 11.6 Å². The maximum Gasteiger partial charge on any atom is 0.240 e. The molecule has 3 aromatic rings. The van der Waals surface area contributed by atoms with Gasteiger partial charge >= 0.3 is 0 Å². The first kappa shape index (κ1) is 18.4. The van der Waals surface area contributed by atoms with Crippen molar-refractivity contribution in [2.24, 2.45) is 11.0 Å². The van der Waals surface area contributed by atoms with Crippen LogP contribution in [0.1, 0.15) is 48.3 Å². The molecule has 1 saturated carbocycles. The minimum Gasteiger partial charge on any atom is -0.447 e. The molecule has 3 atom stereocenters. The van der Waals surface area contributed by atoms with Crippen molar-refractivity contribution in [3.63, 3.8) is 0 Å². The van der Waals surface area contributed by atoms with E-state index < -0.39 is 5.72 Å². The molecule has 1 spiro atoms. The highest BCUT2D eigenvalue weighted by molar-refractivity contribution is 5.96. The molecule has 0 amide bonds. The summed E-state index contributed by atoms with van der Waals surface area (Å²) >= 11 is 0. The number of ether oxygens (including phenoxy) is 1. The van der Waals surface area contributed by atoms with Gasteiger partial charge in [0, 0.05) is 23.8 Å². The minimum absolute atomic E-state index is 0.304. The molecule has 0 bridgehead atoms. The summed E-state index contributed by atoms with van der Waals surface area (Å²) in [7, 11) is 0. The predicted molar refractivity (Wildman–Crippen MR) is 124 cm³/mol. The molecule has 3 aliphatic rings. The highest BCUT2D eigenvalue weighted by Gasteiger charge is 2.58. The summed E-state index contributed by atoms with van der Waals surface area (Å²) in [6, 6.07) is 31.9. The van der Waals surface area contributed by atoms with Crippen LogP contribution >= 0.6 is 0 Å². The van der Waals surface area contributed by atoms with E-state index in [1.165, 1.54) is 17.5 Å². The van der Waals surface area contributed by atoms with Crippen LogP contribution in [0.5, 0.6) is 0 Å². The van der Waals surface area contributed by atoms with E-state index in [0.29, 0.717) is 11.8 Å². The third kappa shape index (κ3) is 2.99. The molecule has 0 N–H and O–H groups in total. The number of hydrogen-bond acceptors (Lipinski definition) is 3. The number of nitrogens with zero attached hydrogens (tertiary/aromatic N) is 2. The van der Waals surface area contributed by atoms with E-state index >= 15 is 0 Å². The lowest BCUT2D eigenvalue weighted by atomic mass is 9.68. The number of rotatable bonds is 3. The molecular formula is C28H26N2O. The monoisotopic (exact) mass is 406 g/mol. The minimum atomic E-state index is -0.427. The molecule has 6 rings (SSSR count). The zero-order valence-corrected chi connectivity index (χ0v) is 17.5. The summed E-state index contributed by atoms with van der Waals surface area (Å²) in [5.41, 5.74) is 4.31. The summed E-state index contributed by atoms with van der Waals surface area (Å²) in [4.78, 5) is 0. The van der Waals surface area contributed by atoms with Gasteiger partial charge in [0.25, 0.3) is 0 Å². The lowest BCUT2D eigenvalue weighted by Gasteiger charge is -2.51. The number of hydrogen-bond donors (Lipinski definition) is 0. The number of allylic oxidation sites excluding steroid dienone is 1. The molecule has 3 heteroatoms. The van der Waals surface area contributed by atoms with Crippen LogP contribution in [0.25, 0.3) is 5.70 Å². The standard InChI is InChI=1S/C28H26N2O/c1-4-12-21(13-5-1)24-20-26(22-14-6-2-7-15-22)30-28(19-11-10-18-25(24)28)31-27(29-30)23-16-8-3-9-17-23/h1-9,12-17,20,24-25H,10-11,18-19H2/t24-,25+,28-/m1/s1. The summed E-state index contributed by atoms with van der Waals surface area (Å²) in [5.74, 6) is 1.40. The average molecular weight is 407 g/mol. The molecule has 1 aliphatic carbocycles. The first-order valence-corrected chi connectivity index (χ1v) is 11.3. The fourth-order valence-corrected chi connectivity index (χ4v) is 5.55. The normalized spacial score (nSPS) is 26.9. The Labute approximate surface area is 183 Å². The van der Waals surface area contributed by atoms with Crippen LogP contribution in [0.4, 0.5) is 0 Å². The van der Waals surface area contributed by atoms with Gasteiger partial charge in [-0.25, -0.2) is 5.01 Å². The van der Waals surface area contributed by atoms with Gasteiger partial charge in [-0.1, -0.05) is 91.4 Å². The first-order chi connectivity index (χ1) is 15.4. The molecule has 2 aliphatic heterocycles. The van der Waals surface area contributed by atoms with Crippen molar-refractivity contribution >= 4 is 11.6 Å². The first-order valence-electron chi connectivity index (χ1n) is 11.3. The molecule has 154 valence electrons. The Hall–Kier alpha value is -3.33. The maximum absolute atomic E-state index is 6.88. The summed E-state index contributed by atoms with van der Waals surface area (Å²) in [6.07, 6.45) is 6.97. The number of benzene rings is 3. The molecule has 2 heterocycles. The molecular weight excluding hydrogens is 380 g/mol. The van der Waals surface area contributed by atoms with Crippen molar-refractivity contribution in [1.29, 1.82) is 0 Å². The second-order valence-electron chi connectivity index (χ2n) is 8.74. The Morgan fingerprint density at radius 3 is 2.13 bits per heavy atom. The Bertz CT molecular complexity index is 1120. The van der Waals surface area contributed by atoms with Gasteiger partial charge in [-0.2, -0.15) is 0 Å². The van der Waals surface area contributed by atoms with Crippen LogP contribution in [0.2, 0.25) is 0 Å². The quantitative estimate of drug-likeness (QED) is 0.502. The smallest absolute Gasteiger partial charge is 0.240 e. The highest BCUT2D eigenvalue weighted by atomic mass is 16.6. The van der Waals surface area contributed by atoms with Gasteiger partial charge in [0.15, 0.2) is 0 Å². The van der Waals surface area contributed by atoms with E-state index in [2.05, 4.69) is 96.0 Å². The molecule has 1 fully saturated rings. The van der Waals surface area contributed by atoms with Crippen LogP contribution in [0.15, 0.2) is 102 Å². The van der Waals surface area contributed by atoms with E-state index in [0.717, 1.165) is 36.4 Å². The van der Waals surface area contributed by atoms with Crippen molar-refractivity contribution in [2.45, 2.75) is 37.3 Å². The van der Waals surface area contributed by atoms with Gasteiger partial charge in [-0.15, -0.1) is 5.10 Å².